The number of fused-ring (bicyclic) bond motifs is 1. The predicted octanol–water partition coefficient (Wildman–Crippen LogP) is 5.01. The van der Waals surface area contributed by atoms with Gasteiger partial charge in [-0.05, 0) is 42.3 Å². The van der Waals surface area contributed by atoms with Crippen LogP contribution < -0.4 is 0 Å². The summed E-state index contributed by atoms with van der Waals surface area (Å²) in [7, 11) is 0. The molecule has 0 aliphatic heterocycles. The fourth-order valence-corrected chi connectivity index (χ4v) is 4.79. The average molecular weight is 496 g/mol. The minimum atomic E-state index is -1.17. The summed E-state index contributed by atoms with van der Waals surface area (Å²) in [5.41, 5.74) is 3.77. The van der Waals surface area contributed by atoms with Gasteiger partial charge in [0.15, 0.2) is 0 Å². The molecule has 2 aromatic carbocycles. The van der Waals surface area contributed by atoms with Crippen molar-refractivity contribution in [2.75, 3.05) is 0 Å². The van der Waals surface area contributed by atoms with E-state index < -0.39 is 24.6 Å². The summed E-state index contributed by atoms with van der Waals surface area (Å²) < 4.78 is 16.5. The predicted molar refractivity (Wildman–Crippen MR) is 134 cm³/mol. The number of rotatable bonds is 9. The lowest BCUT2D eigenvalue weighted by atomic mass is 9.98. The van der Waals surface area contributed by atoms with Crippen molar-refractivity contribution in [3.05, 3.63) is 71.7 Å². The van der Waals surface area contributed by atoms with E-state index in [-0.39, 0.29) is 18.2 Å². The van der Waals surface area contributed by atoms with Crippen molar-refractivity contribution in [3.63, 3.8) is 0 Å². The van der Waals surface area contributed by atoms with E-state index in [9.17, 15) is 19.4 Å². The van der Waals surface area contributed by atoms with Crippen LogP contribution in [-0.2, 0) is 4.79 Å². The monoisotopic (exact) mass is 495 g/mol. The van der Waals surface area contributed by atoms with Gasteiger partial charge in [-0.25, -0.2) is 14.1 Å². The number of carbonyl (C=O) groups is 1. The van der Waals surface area contributed by atoms with E-state index in [0.717, 1.165) is 27.0 Å². The van der Waals surface area contributed by atoms with Crippen LogP contribution in [0.3, 0.4) is 0 Å². The molecule has 0 radical (unpaired) electrons. The zero-order valence-electron chi connectivity index (χ0n) is 19.3. The molecule has 2 aromatic heterocycles. The highest BCUT2D eigenvalue weighted by Gasteiger charge is 2.23. The Morgan fingerprint density at radius 3 is 2.51 bits per heavy atom. The van der Waals surface area contributed by atoms with Gasteiger partial charge in [0.05, 0.1) is 40.2 Å². The Balaban J connectivity index is 1.82. The Morgan fingerprint density at radius 1 is 1.14 bits per heavy atom. The van der Waals surface area contributed by atoms with Crippen LogP contribution in [0.25, 0.3) is 32.7 Å². The van der Waals surface area contributed by atoms with Crippen molar-refractivity contribution in [3.8, 4) is 16.4 Å². The van der Waals surface area contributed by atoms with Crippen molar-refractivity contribution in [1.82, 2.24) is 14.8 Å². The van der Waals surface area contributed by atoms with Crippen LogP contribution in [-0.4, -0.2) is 48.3 Å². The lowest BCUT2D eigenvalue weighted by molar-refractivity contribution is -0.139. The first-order valence-electron chi connectivity index (χ1n) is 11.2. The molecule has 4 aromatic rings. The number of thiazole rings is 1. The third kappa shape index (κ3) is 5.64. The molecule has 0 saturated carbocycles. The van der Waals surface area contributed by atoms with Crippen molar-refractivity contribution in [2.45, 2.75) is 44.8 Å². The van der Waals surface area contributed by atoms with Gasteiger partial charge in [-0.2, -0.15) is 5.10 Å². The van der Waals surface area contributed by atoms with Crippen LogP contribution in [0.2, 0.25) is 0 Å². The minimum absolute atomic E-state index is 0.0271. The SMILES string of the molecule is CC(C)c1nn(-c2nc3ccccc3s2)c(-c2ccc(F)cc2)c1C=C[C@@H](O)CC(O)CC(=O)O. The molecule has 7 nitrogen and oxygen atoms in total. The Labute approximate surface area is 205 Å². The summed E-state index contributed by atoms with van der Waals surface area (Å²) >= 11 is 1.49. The van der Waals surface area contributed by atoms with Gasteiger partial charge in [0.1, 0.15) is 5.82 Å². The number of aliphatic hydroxyl groups excluding tert-OH is 2. The van der Waals surface area contributed by atoms with E-state index >= 15 is 0 Å². The zero-order chi connectivity index (χ0) is 25.1. The smallest absolute Gasteiger partial charge is 0.305 e. The Hall–Kier alpha value is -3.40. The first-order chi connectivity index (χ1) is 16.7. The lowest BCUT2D eigenvalue weighted by Gasteiger charge is -2.11. The number of carboxylic acids is 1. The van der Waals surface area contributed by atoms with Crippen LogP contribution >= 0.6 is 11.3 Å². The fourth-order valence-electron chi connectivity index (χ4n) is 3.86. The van der Waals surface area contributed by atoms with Gasteiger partial charge >= 0.3 is 5.97 Å². The highest BCUT2D eigenvalue weighted by molar-refractivity contribution is 7.20. The Kier molecular flexibility index (Phi) is 7.39. The van der Waals surface area contributed by atoms with E-state index in [1.54, 1.807) is 22.9 Å². The van der Waals surface area contributed by atoms with Crippen LogP contribution in [0, 0.1) is 5.82 Å². The van der Waals surface area contributed by atoms with Crippen molar-refractivity contribution in [2.24, 2.45) is 0 Å². The molecule has 0 saturated heterocycles. The van der Waals surface area contributed by atoms with E-state index in [2.05, 4.69) is 0 Å². The molecule has 0 fully saturated rings. The van der Waals surface area contributed by atoms with Gasteiger partial charge in [-0.3, -0.25) is 4.79 Å². The minimum Gasteiger partial charge on any atom is -0.481 e. The molecule has 2 heterocycles. The average Bonchev–Trinajstić information content (AvgIpc) is 3.39. The third-order valence-electron chi connectivity index (χ3n) is 5.49. The Bertz CT molecular complexity index is 1330. The largest absolute Gasteiger partial charge is 0.481 e. The molecule has 1 unspecified atom stereocenters. The third-order valence-corrected chi connectivity index (χ3v) is 6.50. The van der Waals surface area contributed by atoms with Crippen LogP contribution in [0.4, 0.5) is 4.39 Å². The standard InChI is InChI=1S/C26H26FN3O4S/c1-15(2)24-20(12-11-18(31)13-19(32)14-23(33)34)25(16-7-9-17(27)10-8-16)30(29-24)26-28-21-5-3-4-6-22(21)35-26/h3-12,15,18-19,31-32H,13-14H2,1-2H3,(H,33,34)/t18-,19?/m1/s1. The second-order valence-corrected chi connectivity index (χ2v) is 9.61. The van der Waals surface area contributed by atoms with Gasteiger partial charge in [0, 0.05) is 17.5 Å². The molecule has 35 heavy (non-hydrogen) atoms. The second kappa shape index (κ2) is 10.5. The maximum absolute atomic E-state index is 13.7. The number of aliphatic carboxylic acids is 1. The van der Waals surface area contributed by atoms with E-state index in [1.807, 2.05) is 38.1 Å². The second-order valence-electron chi connectivity index (χ2n) is 8.60. The van der Waals surface area contributed by atoms with Crippen LogP contribution in [0.15, 0.2) is 54.6 Å². The molecule has 0 bridgehead atoms. The number of aliphatic hydroxyl groups is 2. The lowest BCUT2D eigenvalue weighted by Crippen LogP contribution is -2.19. The maximum Gasteiger partial charge on any atom is 0.305 e. The summed E-state index contributed by atoms with van der Waals surface area (Å²) in [5, 5.41) is 34.7. The first kappa shape index (κ1) is 24.7. The number of halogens is 1. The van der Waals surface area contributed by atoms with Gasteiger partial charge < -0.3 is 15.3 Å². The molecule has 4 rings (SSSR count). The van der Waals surface area contributed by atoms with Crippen molar-refractivity contribution >= 4 is 33.6 Å². The van der Waals surface area contributed by atoms with Crippen LogP contribution in [0.1, 0.15) is 43.9 Å². The van der Waals surface area contributed by atoms with Gasteiger partial charge in [0.2, 0.25) is 5.13 Å². The number of benzene rings is 2. The molecule has 0 aliphatic rings. The normalized spacial score (nSPS) is 13.7. The molecular formula is C26H26FN3O4S. The van der Waals surface area contributed by atoms with Gasteiger partial charge in [0.25, 0.3) is 0 Å². The molecule has 0 amide bonds. The summed E-state index contributed by atoms with van der Waals surface area (Å²) in [5.74, 6) is -1.46. The highest BCUT2D eigenvalue weighted by atomic mass is 32.1. The number of hydrogen-bond donors (Lipinski definition) is 3. The van der Waals surface area contributed by atoms with E-state index in [0.29, 0.717) is 10.8 Å². The topological polar surface area (TPSA) is 108 Å². The summed E-state index contributed by atoms with van der Waals surface area (Å²) in [6.07, 6.45) is 0.457. The summed E-state index contributed by atoms with van der Waals surface area (Å²) in [4.78, 5) is 15.6. The van der Waals surface area contributed by atoms with Gasteiger partial charge in [-0.1, -0.05) is 49.5 Å². The zero-order valence-corrected chi connectivity index (χ0v) is 20.1. The summed E-state index contributed by atoms with van der Waals surface area (Å²) in [6.45, 7) is 4.01. The molecular weight excluding hydrogens is 469 g/mol. The maximum atomic E-state index is 13.7. The van der Waals surface area contributed by atoms with E-state index in [4.69, 9.17) is 15.2 Å². The number of aromatic nitrogens is 3. The van der Waals surface area contributed by atoms with Gasteiger partial charge in [-0.15, -0.1) is 0 Å². The molecule has 182 valence electrons. The molecule has 3 N–H and O–H groups in total. The molecule has 0 aliphatic carbocycles. The number of carboxylic acid groups (broad SMARTS) is 1. The Morgan fingerprint density at radius 2 is 1.86 bits per heavy atom. The quantitative estimate of drug-likeness (QED) is 0.301. The molecule has 2 atom stereocenters. The first-order valence-corrected chi connectivity index (χ1v) is 12.1. The van der Waals surface area contributed by atoms with Crippen molar-refractivity contribution in [1.29, 1.82) is 0 Å². The van der Waals surface area contributed by atoms with Crippen LogP contribution in [0.5, 0.6) is 0 Å². The fraction of sp³-hybridized carbons (Fsp3) is 0.269. The number of para-hydroxylation sites is 1. The number of hydrogen-bond acceptors (Lipinski definition) is 6. The summed E-state index contributed by atoms with van der Waals surface area (Å²) in [6, 6.07) is 13.9. The van der Waals surface area contributed by atoms with Crippen molar-refractivity contribution < 1.29 is 24.5 Å². The van der Waals surface area contributed by atoms with E-state index in [1.165, 1.54) is 29.5 Å². The number of nitrogens with zero attached hydrogens (tertiary/aromatic N) is 3. The highest BCUT2D eigenvalue weighted by Crippen LogP contribution is 2.36. The molecule has 0 spiro atoms. The molecule has 9 heteroatoms.